The van der Waals surface area contributed by atoms with Crippen molar-refractivity contribution in [2.45, 2.75) is 44.0 Å². The van der Waals surface area contributed by atoms with Crippen LogP contribution in [0, 0.1) is 0 Å². The Bertz CT molecular complexity index is 585. The van der Waals surface area contributed by atoms with E-state index < -0.39 is 10.0 Å². The smallest absolute Gasteiger partial charge is 0.243 e. The average Bonchev–Trinajstić information content (AvgIpc) is 2.46. The summed E-state index contributed by atoms with van der Waals surface area (Å²) in [6, 6.07) is 5.17. The molecule has 0 spiro atoms. The Kier molecular flexibility index (Phi) is 5.24. The number of fused-ring (bicyclic) bond motifs is 1. The fourth-order valence-electron chi connectivity index (χ4n) is 2.63. The van der Waals surface area contributed by atoms with Gasteiger partial charge in [0.1, 0.15) is 0 Å². The number of hydrogen-bond acceptors (Lipinski definition) is 4. The fourth-order valence-corrected chi connectivity index (χ4v) is 4.36. The molecular formula is C15H24N2O3S. The highest BCUT2D eigenvalue weighted by Crippen LogP contribution is 2.27. The van der Waals surface area contributed by atoms with Crippen molar-refractivity contribution in [2.24, 2.45) is 0 Å². The van der Waals surface area contributed by atoms with Gasteiger partial charge >= 0.3 is 0 Å². The Labute approximate surface area is 127 Å². The Hall–Kier alpha value is -1.11. The van der Waals surface area contributed by atoms with Crippen molar-refractivity contribution < 1.29 is 13.5 Å². The first-order valence-corrected chi connectivity index (χ1v) is 8.90. The number of nitrogens with zero attached hydrogens (tertiary/aromatic N) is 1. The second-order valence-corrected chi connectivity index (χ2v) is 7.53. The van der Waals surface area contributed by atoms with E-state index in [1.54, 1.807) is 12.1 Å². The van der Waals surface area contributed by atoms with Crippen LogP contribution in [0.4, 0.5) is 5.69 Å². The topological polar surface area (TPSA) is 69.6 Å². The second kappa shape index (κ2) is 6.77. The maximum absolute atomic E-state index is 12.8. The molecule has 2 N–H and O–H groups in total. The van der Waals surface area contributed by atoms with E-state index in [0.29, 0.717) is 17.9 Å². The Morgan fingerprint density at radius 2 is 2.14 bits per heavy atom. The SMILES string of the molecule is CC(C)N(CCCO)S(=O)(=O)c1ccc2c(c1)CCCN2. The summed E-state index contributed by atoms with van der Waals surface area (Å²) in [5.41, 5.74) is 2.10. The summed E-state index contributed by atoms with van der Waals surface area (Å²) < 4.78 is 27.0. The molecule has 0 unspecified atom stereocenters. The van der Waals surface area contributed by atoms with Crippen LogP contribution in [-0.4, -0.2) is 43.6 Å². The van der Waals surface area contributed by atoms with Gasteiger partial charge in [-0.1, -0.05) is 0 Å². The summed E-state index contributed by atoms with van der Waals surface area (Å²) in [6.07, 6.45) is 2.38. The van der Waals surface area contributed by atoms with E-state index in [1.165, 1.54) is 4.31 Å². The van der Waals surface area contributed by atoms with Gasteiger partial charge in [0.05, 0.1) is 4.90 Å². The minimum atomic E-state index is -3.51. The van der Waals surface area contributed by atoms with E-state index in [4.69, 9.17) is 5.11 Å². The van der Waals surface area contributed by atoms with Gasteiger partial charge in [-0.3, -0.25) is 0 Å². The van der Waals surface area contributed by atoms with Crippen molar-refractivity contribution in [1.82, 2.24) is 4.31 Å². The molecule has 1 aliphatic heterocycles. The van der Waals surface area contributed by atoms with Gasteiger partial charge in [-0.2, -0.15) is 4.31 Å². The van der Waals surface area contributed by atoms with Gasteiger partial charge in [0, 0.05) is 31.4 Å². The molecule has 2 rings (SSSR count). The molecule has 21 heavy (non-hydrogen) atoms. The maximum atomic E-state index is 12.8. The van der Waals surface area contributed by atoms with Crippen molar-refractivity contribution >= 4 is 15.7 Å². The third-order valence-electron chi connectivity index (χ3n) is 3.73. The molecule has 0 aromatic heterocycles. The molecule has 5 nitrogen and oxygen atoms in total. The van der Waals surface area contributed by atoms with E-state index in [0.717, 1.165) is 30.6 Å². The first-order valence-electron chi connectivity index (χ1n) is 7.46. The zero-order valence-corrected chi connectivity index (χ0v) is 13.5. The summed E-state index contributed by atoms with van der Waals surface area (Å²) >= 11 is 0. The number of anilines is 1. The number of aliphatic hydroxyl groups excluding tert-OH is 1. The summed E-state index contributed by atoms with van der Waals surface area (Å²) in [5.74, 6) is 0. The molecule has 0 amide bonds. The lowest BCUT2D eigenvalue weighted by Gasteiger charge is -2.26. The first-order chi connectivity index (χ1) is 9.96. The number of sulfonamides is 1. The molecule has 1 aromatic carbocycles. The third-order valence-corrected chi connectivity index (χ3v) is 5.81. The monoisotopic (exact) mass is 312 g/mol. The molecular weight excluding hydrogens is 288 g/mol. The Balaban J connectivity index is 2.33. The summed E-state index contributed by atoms with van der Waals surface area (Å²) in [4.78, 5) is 0.344. The van der Waals surface area contributed by atoms with Crippen molar-refractivity contribution in [3.05, 3.63) is 23.8 Å². The molecule has 6 heteroatoms. The van der Waals surface area contributed by atoms with Crippen LogP contribution in [0.15, 0.2) is 23.1 Å². The second-order valence-electron chi connectivity index (χ2n) is 5.64. The molecule has 1 aliphatic rings. The summed E-state index contributed by atoms with van der Waals surface area (Å²) in [6.45, 7) is 4.98. The van der Waals surface area contributed by atoms with Gasteiger partial charge in [0.15, 0.2) is 0 Å². The van der Waals surface area contributed by atoms with E-state index in [2.05, 4.69) is 5.32 Å². The van der Waals surface area contributed by atoms with Gasteiger partial charge in [-0.15, -0.1) is 0 Å². The van der Waals surface area contributed by atoms with Crippen molar-refractivity contribution in [3.63, 3.8) is 0 Å². The normalized spacial score (nSPS) is 15.1. The summed E-state index contributed by atoms with van der Waals surface area (Å²) in [5, 5.41) is 12.2. The molecule has 0 aliphatic carbocycles. The average molecular weight is 312 g/mol. The summed E-state index contributed by atoms with van der Waals surface area (Å²) in [7, 11) is -3.51. The highest BCUT2D eigenvalue weighted by molar-refractivity contribution is 7.89. The van der Waals surface area contributed by atoms with Crippen LogP contribution in [0.3, 0.4) is 0 Å². The van der Waals surface area contributed by atoms with Crippen molar-refractivity contribution in [3.8, 4) is 0 Å². The van der Waals surface area contributed by atoms with E-state index >= 15 is 0 Å². The fraction of sp³-hybridized carbons (Fsp3) is 0.600. The third kappa shape index (κ3) is 3.56. The number of nitrogens with one attached hydrogen (secondary N) is 1. The van der Waals surface area contributed by atoms with Crippen molar-refractivity contribution in [2.75, 3.05) is 25.0 Å². The van der Waals surface area contributed by atoms with E-state index in [-0.39, 0.29) is 12.6 Å². The number of rotatable bonds is 6. The molecule has 118 valence electrons. The largest absolute Gasteiger partial charge is 0.396 e. The lowest BCUT2D eigenvalue weighted by atomic mass is 10.0. The van der Waals surface area contributed by atoms with Crippen molar-refractivity contribution in [1.29, 1.82) is 0 Å². The minimum absolute atomic E-state index is 0.00710. The minimum Gasteiger partial charge on any atom is -0.396 e. The van der Waals surface area contributed by atoms with Gasteiger partial charge < -0.3 is 10.4 Å². The highest BCUT2D eigenvalue weighted by Gasteiger charge is 2.27. The predicted octanol–water partition coefficient (Wildman–Crippen LogP) is 1.83. The number of aliphatic hydroxyl groups is 1. The van der Waals surface area contributed by atoms with Crippen LogP contribution in [0.25, 0.3) is 0 Å². The predicted molar refractivity (Wildman–Crippen MR) is 84.0 cm³/mol. The van der Waals surface area contributed by atoms with Crippen LogP contribution in [0.1, 0.15) is 32.3 Å². The van der Waals surface area contributed by atoms with Crippen LogP contribution in [-0.2, 0) is 16.4 Å². The molecule has 1 heterocycles. The van der Waals surface area contributed by atoms with Crippen LogP contribution in [0.5, 0.6) is 0 Å². The zero-order chi connectivity index (χ0) is 15.5. The number of benzene rings is 1. The van der Waals surface area contributed by atoms with E-state index in [9.17, 15) is 8.42 Å². The lowest BCUT2D eigenvalue weighted by Crippen LogP contribution is -2.38. The molecule has 0 atom stereocenters. The maximum Gasteiger partial charge on any atom is 0.243 e. The van der Waals surface area contributed by atoms with E-state index in [1.807, 2.05) is 19.9 Å². The van der Waals surface area contributed by atoms with Crippen LogP contribution >= 0.6 is 0 Å². The van der Waals surface area contributed by atoms with Gasteiger partial charge in [0.2, 0.25) is 10.0 Å². The molecule has 0 saturated heterocycles. The Morgan fingerprint density at radius 3 is 2.81 bits per heavy atom. The molecule has 0 saturated carbocycles. The van der Waals surface area contributed by atoms with Crippen LogP contribution < -0.4 is 5.32 Å². The standard InChI is InChI=1S/C15H24N2O3S/c1-12(2)17(9-4-10-18)21(19,20)14-6-7-15-13(11-14)5-3-8-16-15/h6-7,11-12,16,18H,3-5,8-10H2,1-2H3. The van der Waals surface area contributed by atoms with Gasteiger partial charge in [-0.05, 0) is 56.9 Å². The van der Waals surface area contributed by atoms with Gasteiger partial charge in [0.25, 0.3) is 0 Å². The highest BCUT2D eigenvalue weighted by atomic mass is 32.2. The first kappa shape index (κ1) is 16.3. The lowest BCUT2D eigenvalue weighted by molar-refractivity contribution is 0.258. The molecule has 1 aromatic rings. The number of aryl methyl sites for hydroxylation is 1. The Morgan fingerprint density at radius 1 is 1.38 bits per heavy atom. The van der Waals surface area contributed by atoms with Gasteiger partial charge in [-0.25, -0.2) is 8.42 Å². The number of hydrogen-bond donors (Lipinski definition) is 2. The zero-order valence-electron chi connectivity index (χ0n) is 12.7. The molecule has 0 bridgehead atoms. The molecule has 0 radical (unpaired) electrons. The quantitative estimate of drug-likeness (QED) is 0.841. The molecule has 0 fully saturated rings. The van der Waals surface area contributed by atoms with Crippen LogP contribution in [0.2, 0.25) is 0 Å².